The third kappa shape index (κ3) is 4.63. The number of hydrogen-bond acceptors (Lipinski definition) is 3. The van der Waals surface area contributed by atoms with Gasteiger partial charge in [-0.1, -0.05) is 6.58 Å². The molecule has 0 saturated carbocycles. The summed E-state index contributed by atoms with van der Waals surface area (Å²) in [7, 11) is 0. The average molecular weight is 302 g/mol. The second-order valence-corrected chi connectivity index (χ2v) is 4.56. The maximum Gasteiger partial charge on any atom is 0.282 e. The summed E-state index contributed by atoms with van der Waals surface area (Å²) in [5, 5.41) is 0. The summed E-state index contributed by atoms with van der Waals surface area (Å²) in [5.74, 6) is -3.56. The molecule has 1 atom stereocenters. The first-order valence-corrected chi connectivity index (χ1v) is 6.82. The fraction of sp³-hybridized carbons (Fsp3) is 0.571. The Labute approximate surface area is 122 Å². The van der Waals surface area contributed by atoms with Crippen molar-refractivity contribution in [3.63, 3.8) is 0 Å². The molecule has 5 nitrogen and oxygen atoms in total. The molecule has 0 aromatic heterocycles. The van der Waals surface area contributed by atoms with Crippen molar-refractivity contribution in [2.75, 3.05) is 32.8 Å². The van der Waals surface area contributed by atoms with Crippen molar-refractivity contribution in [3.8, 4) is 0 Å². The van der Waals surface area contributed by atoms with Crippen molar-refractivity contribution in [1.29, 1.82) is 0 Å². The van der Waals surface area contributed by atoms with Gasteiger partial charge in [-0.15, -0.1) is 0 Å². The van der Waals surface area contributed by atoms with Crippen LogP contribution in [-0.4, -0.2) is 60.5 Å². The Hall–Kier alpha value is -1.76. The summed E-state index contributed by atoms with van der Waals surface area (Å²) >= 11 is 0. The number of hydrogen-bond donors (Lipinski definition) is 0. The van der Waals surface area contributed by atoms with Gasteiger partial charge in [-0.3, -0.25) is 9.59 Å². The maximum absolute atomic E-state index is 13.9. The van der Waals surface area contributed by atoms with Crippen molar-refractivity contribution >= 4 is 11.8 Å². The summed E-state index contributed by atoms with van der Waals surface area (Å²) in [6.07, 6.45) is 0.253. The molecular formula is C14H20F2N2O3. The van der Waals surface area contributed by atoms with Gasteiger partial charge in [-0.2, -0.15) is 0 Å². The van der Waals surface area contributed by atoms with Crippen LogP contribution in [0.25, 0.3) is 0 Å². The van der Waals surface area contributed by atoms with Crippen molar-refractivity contribution in [2.24, 2.45) is 0 Å². The molecule has 1 aliphatic rings. The molecule has 0 bridgehead atoms. The van der Waals surface area contributed by atoms with Gasteiger partial charge in [0.15, 0.2) is 11.7 Å². The van der Waals surface area contributed by atoms with Crippen molar-refractivity contribution < 1.29 is 23.1 Å². The van der Waals surface area contributed by atoms with E-state index in [0.717, 1.165) is 6.08 Å². The van der Waals surface area contributed by atoms with Gasteiger partial charge in [0.05, 0.1) is 19.3 Å². The van der Waals surface area contributed by atoms with Crippen LogP contribution in [0.5, 0.6) is 0 Å². The van der Waals surface area contributed by atoms with E-state index >= 15 is 0 Å². The molecule has 0 aromatic carbocycles. The Morgan fingerprint density at radius 1 is 1.38 bits per heavy atom. The predicted octanol–water partition coefficient (Wildman–Crippen LogP) is 1.42. The van der Waals surface area contributed by atoms with Gasteiger partial charge in [-0.25, -0.2) is 8.78 Å². The van der Waals surface area contributed by atoms with E-state index < -0.39 is 29.6 Å². The van der Waals surface area contributed by atoms with Gasteiger partial charge in [0, 0.05) is 19.6 Å². The molecule has 0 aromatic rings. The number of amides is 2. The summed E-state index contributed by atoms with van der Waals surface area (Å²) in [5.41, 5.74) is 0. The highest BCUT2D eigenvalue weighted by atomic mass is 19.1. The lowest BCUT2D eigenvalue weighted by Gasteiger charge is -2.31. The van der Waals surface area contributed by atoms with Crippen molar-refractivity contribution in [3.05, 3.63) is 24.3 Å². The molecule has 2 amide bonds. The van der Waals surface area contributed by atoms with Gasteiger partial charge < -0.3 is 14.5 Å². The first-order chi connectivity index (χ1) is 9.90. The zero-order valence-corrected chi connectivity index (χ0v) is 12.3. The van der Waals surface area contributed by atoms with Gasteiger partial charge in [-0.05, 0) is 19.9 Å². The highest BCUT2D eigenvalue weighted by Crippen LogP contribution is 2.13. The molecular weight excluding hydrogens is 282 g/mol. The third-order valence-corrected chi connectivity index (χ3v) is 3.20. The molecule has 21 heavy (non-hydrogen) atoms. The lowest BCUT2D eigenvalue weighted by Crippen LogP contribution is -2.45. The molecule has 1 heterocycles. The quantitative estimate of drug-likeness (QED) is 0.722. The monoisotopic (exact) mass is 302 g/mol. The van der Waals surface area contributed by atoms with Crippen LogP contribution in [0, 0.1) is 0 Å². The Kier molecular flexibility index (Phi) is 6.48. The first kappa shape index (κ1) is 17.3. The van der Waals surface area contributed by atoms with E-state index in [1.807, 2.05) is 0 Å². The van der Waals surface area contributed by atoms with E-state index in [2.05, 4.69) is 6.58 Å². The number of morpholine rings is 1. The van der Waals surface area contributed by atoms with Crippen LogP contribution in [0.1, 0.15) is 13.8 Å². The Morgan fingerprint density at radius 2 is 2.00 bits per heavy atom. The summed E-state index contributed by atoms with van der Waals surface area (Å²) in [6.45, 7) is 7.57. The Balaban J connectivity index is 2.72. The number of carbonyl (C=O) groups excluding carboxylic acids is 2. The second-order valence-electron chi connectivity index (χ2n) is 4.56. The zero-order chi connectivity index (χ0) is 16.0. The summed E-state index contributed by atoms with van der Waals surface area (Å²) < 4.78 is 32.0. The largest absolute Gasteiger partial charge is 0.370 e. The second kappa shape index (κ2) is 7.87. The maximum atomic E-state index is 13.9. The Bertz CT molecular complexity index is 448. The molecule has 0 N–H and O–H groups in total. The molecule has 0 spiro atoms. The lowest BCUT2D eigenvalue weighted by molar-refractivity contribution is -0.134. The smallest absolute Gasteiger partial charge is 0.282 e. The minimum absolute atomic E-state index is 0.0132. The molecule has 1 aliphatic heterocycles. The summed E-state index contributed by atoms with van der Waals surface area (Å²) in [6, 6.07) is 0. The number of likely N-dealkylation sites (N-methyl/N-ethyl adjacent to an activating group) is 1. The normalized spacial score (nSPS) is 19.3. The zero-order valence-electron chi connectivity index (χ0n) is 12.3. The van der Waals surface area contributed by atoms with Crippen LogP contribution in [0.4, 0.5) is 8.78 Å². The highest BCUT2D eigenvalue weighted by Gasteiger charge is 2.26. The Morgan fingerprint density at radius 3 is 2.52 bits per heavy atom. The number of carbonyl (C=O) groups is 2. The first-order valence-electron chi connectivity index (χ1n) is 6.82. The minimum Gasteiger partial charge on any atom is -0.370 e. The van der Waals surface area contributed by atoms with Crippen LogP contribution >= 0.6 is 0 Å². The number of halogens is 2. The van der Waals surface area contributed by atoms with Crippen LogP contribution < -0.4 is 0 Å². The number of ether oxygens (including phenoxy) is 1. The summed E-state index contributed by atoms with van der Waals surface area (Å²) in [4.78, 5) is 25.8. The topological polar surface area (TPSA) is 49.9 Å². The van der Waals surface area contributed by atoms with Crippen LogP contribution in [-0.2, 0) is 14.3 Å². The third-order valence-electron chi connectivity index (χ3n) is 3.20. The molecule has 1 saturated heterocycles. The molecule has 118 valence electrons. The van der Waals surface area contributed by atoms with Gasteiger partial charge in [0.25, 0.3) is 11.8 Å². The standard InChI is InChI=1S/C14H20F2N2O3/c1-4-17(5-2)14(20)12(16)8-11-9-18(6-7-21-11)13(19)10(3)15/h8,11H,3-7,9H2,1-2H3/b12-8-. The van der Waals surface area contributed by atoms with Crippen molar-refractivity contribution in [2.45, 2.75) is 20.0 Å². The van der Waals surface area contributed by atoms with E-state index in [9.17, 15) is 18.4 Å². The van der Waals surface area contributed by atoms with Gasteiger partial charge in [0.2, 0.25) is 0 Å². The molecule has 1 fully saturated rings. The van der Waals surface area contributed by atoms with E-state index in [4.69, 9.17) is 4.74 Å². The minimum atomic E-state index is -1.07. The van der Waals surface area contributed by atoms with E-state index in [0.29, 0.717) is 13.1 Å². The van der Waals surface area contributed by atoms with E-state index in [1.165, 1.54) is 9.80 Å². The molecule has 0 radical (unpaired) electrons. The number of nitrogens with zero attached hydrogens (tertiary/aromatic N) is 2. The predicted molar refractivity (Wildman–Crippen MR) is 73.7 cm³/mol. The van der Waals surface area contributed by atoms with Gasteiger partial charge >= 0.3 is 0 Å². The fourth-order valence-corrected chi connectivity index (χ4v) is 2.03. The number of rotatable bonds is 5. The van der Waals surface area contributed by atoms with Crippen LogP contribution in [0.15, 0.2) is 24.3 Å². The average Bonchev–Trinajstić information content (AvgIpc) is 2.47. The van der Waals surface area contributed by atoms with Crippen LogP contribution in [0.2, 0.25) is 0 Å². The van der Waals surface area contributed by atoms with E-state index in [-0.39, 0.29) is 19.7 Å². The van der Waals surface area contributed by atoms with Crippen LogP contribution in [0.3, 0.4) is 0 Å². The fourth-order valence-electron chi connectivity index (χ4n) is 2.03. The SMILES string of the molecule is C=C(F)C(=O)N1CCOC(/C=C(\F)C(=O)N(CC)CC)C1. The highest BCUT2D eigenvalue weighted by molar-refractivity contribution is 5.91. The molecule has 7 heteroatoms. The van der Waals surface area contributed by atoms with Gasteiger partial charge in [0.1, 0.15) is 0 Å². The molecule has 1 unspecified atom stereocenters. The lowest BCUT2D eigenvalue weighted by atomic mass is 10.2. The molecule has 1 rings (SSSR count). The van der Waals surface area contributed by atoms with E-state index in [1.54, 1.807) is 13.8 Å². The molecule has 0 aliphatic carbocycles. The van der Waals surface area contributed by atoms with Crippen molar-refractivity contribution in [1.82, 2.24) is 9.80 Å².